The highest BCUT2D eigenvalue weighted by Gasteiger charge is 2.21. The van der Waals surface area contributed by atoms with Gasteiger partial charge in [-0.05, 0) is 30.9 Å². The van der Waals surface area contributed by atoms with E-state index in [0.29, 0.717) is 18.9 Å². The second kappa shape index (κ2) is 8.50. The van der Waals surface area contributed by atoms with Gasteiger partial charge in [0.15, 0.2) is 0 Å². The molecule has 126 valence electrons. The molecule has 1 aromatic heterocycles. The van der Waals surface area contributed by atoms with Crippen molar-refractivity contribution in [3.8, 4) is 0 Å². The normalized spacial score (nSPS) is 17.7. The first-order valence-electron chi connectivity index (χ1n) is 8.23. The third kappa shape index (κ3) is 5.54. The number of likely N-dealkylation sites (N-methyl/N-ethyl adjacent to an activating group) is 1. The molecule has 0 unspecified atom stereocenters. The number of hydrogen-bond acceptors (Lipinski definition) is 3. The summed E-state index contributed by atoms with van der Waals surface area (Å²) in [6.07, 6.45) is 4.66. The molecular weight excluding hydrogens is 292 g/mol. The fourth-order valence-electron chi connectivity index (χ4n) is 2.72. The van der Waals surface area contributed by atoms with Crippen molar-refractivity contribution in [2.45, 2.75) is 26.2 Å². The number of rotatable bonds is 5. The van der Waals surface area contributed by atoms with E-state index in [9.17, 15) is 9.59 Å². The van der Waals surface area contributed by atoms with Gasteiger partial charge >= 0.3 is 6.03 Å². The van der Waals surface area contributed by atoms with Crippen molar-refractivity contribution >= 4 is 11.9 Å². The number of carbonyl (C=O) groups is 2. The number of aromatic nitrogens is 1. The van der Waals surface area contributed by atoms with Gasteiger partial charge in [-0.3, -0.25) is 9.78 Å². The van der Waals surface area contributed by atoms with E-state index in [1.54, 1.807) is 23.0 Å². The SMILES string of the molecule is C[C@H]1CCCN(C(=O)NCC(=O)N(C)CCc2ccccn2)C1. The van der Waals surface area contributed by atoms with Crippen LogP contribution in [0.1, 0.15) is 25.5 Å². The average Bonchev–Trinajstić information content (AvgIpc) is 2.58. The maximum absolute atomic E-state index is 12.1. The van der Waals surface area contributed by atoms with E-state index in [2.05, 4.69) is 17.2 Å². The second-order valence-corrected chi connectivity index (χ2v) is 6.24. The minimum absolute atomic E-state index is 0.0441. The average molecular weight is 318 g/mol. The lowest BCUT2D eigenvalue weighted by atomic mass is 10.0. The zero-order valence-electron chi connectivity index (χ0n) is 14.0. The Kier molecular flexibility index (Phi) is 6.38. The van der Waals surface area contributed by atoms with E-state index in [1.807, 2.05) is 18.2 Å². The third-order valence-electron chi connectivity index (χ3n) is 4.19. The lowest BCUT2D eigenvalue weighted by molar-refractivity contribution is -0.128. The summed E-state index contributed by atoms with van der Waals surface area (Å²) in [5.41, 5.74) is 0.957. The predicted octanol–water partition coefficient (Wildman–Crippen LogP) is 1.52. The Balaban J connectivity index is 1.70. The van der Waals surface area contributed by atoms with Crippen molar-refractivity contribution in [3.63, 3.8) is 0 Å². The lowest BCUT2D eigenvalue weighted by Gasteiger charge is -2.31. The molecule has 2 rings (SSSR count). The van der Waals surface area contributed by atoms with Gasteiger partial charge in [-0.2, -0.15) is 0 Å². The van der Waals surface area contributed by atoms with Crippen molar-refractivity contribution in [3.05, 3.63) is 30.1 Å². The highest BCUT2D eigenvalue weighted by Crippen LogP contribution is 2.15. The summed E-state index contributed by atoms with van der Waals surface area (Å²) in [6.45, 7) is 4.33. The molecule has 0 spiro atoms. The van der Waals surface area contributed by atoms with E-state index in [1.165, 1.54) is 6.42 Å². The maximum atomic E-state index is 12.1. The smallest absolute Gasteiger partial charge is 0.317 e. The van der Waals surface area contributed by atoms with Crippen LogP contribution in [-0.4, -0.2) is 59.9 Å². The molecule has 0 aromatic carbocycles. The van der Waals surface area contributed by atoms with Gasteiger partial charge in [-0.1, -0.05) is 13.0 Å². The van der Waals surface area contributed by atoms with Gasteiger partial charge in [-0.25, -0.2) is 4.79 Å². The van der Waals surface area contributed by atoms with Gasteiger partial charge < -0.3 is 15.1 Å². The molecule has 0 bridgehead atoms. The highest BCUT2D eigenvalue weighted by atomic mass is 16.2. The van der Waals surface area contributed by atoms with E-state index >= 15 is 0 Å². The van der Waals surface area contributed by atoms with Crippen LogP contribution in [0.15, 0.2) is 24.4 Å². The van der Waals surface area contributed by atoms with Crippen LogP contribution in [0.3, 0.4) is 0 Å². The van der Waals surface area contributed by atoms with E-state index in [0.717, 1.165) is 25.2 Å². The molecule has 1 saturated heterocycles. The molecule has 0 aliphatic carbocycles. The molecule has 1 aliphatic heterocycles. The first kappa shape index (κ1) is 17.2. The number of likely N-dealkylation sites (tertiary alicyclic amines) is 1. The van der Waals surface area contributed by atoms with E-state index < -0.39 is 0 Å². The quantitative estimate of drug-likeness (QED) is 0.895. The van der Waals surface area contributed by atoms with Crippen LogP contribution in [0.5, 0.6) is 0 Å². The molecule has 1 aliphatic rings. The largest absolute Gasteiger partial charge is 0.344 e. The van der Waals surface area contributed by atoms with Gasteiger partial charge in [0.2, 0.25) is 5.91 Å². The van der Waals surface area contributed by atoms with E-state index in [-0.39, 0.29) is 18.5 Å². The third-order valence-corrected chi connectivity index (χ3v) is 4.19. The molecule has 1 N–H and O–H groups in total. The van der Waals surface area contributed by atoms with Gasteiger partial charge in [0.1, 0.15) is 0 Å². The summed E-state index contributed by atoms with van der Waals surface area (Å²) in [7, 11) is 1.75. The van der Waals surface area contributed by atoms with Crippen LogP contribution in [0.25, 0.3) is 0 Å². The van der Waals surface area contributed by atoms with Crippen LogP contribution in [0, 0.1) is 5.92 Å². The minimum Gasteiger partial charge on any atom is -0.344 e. The number of nitrogens with one attached hydrogen (secondary N) is 1. The Morgan fingerprint density at radius 1 is 1.43 bits per heavy atom. The van der Waals surface area contributed by atoms with Crippen molar-refractivity contribution in [1.29, 1.82) is 0 Å². The number of amides is 3. The summed E-state index contributed by atoms with van der Waals surface area (Å²) in [4.78, 5) is 31.8. The van der Waals surface area contributed by atoms with Crippen molar-refractivity contribution in [1.82, 2.24) is 20.1 Å². The van der Waals surface area contributed by atoms with Crippen LogP contribution in [-0.2, 0) is 11.2 Å². The van der Waals surface area contributed by atoms with Crippen LogP contribution >= 0.6 is 0 Å². The zero-order valence-corrected chi connectivity index (χ0v) is 14.0. The number of pyridine rings is 1. The van der Waals surface area contributed by atoms with Crippen molar-refractivity contribution in [2.75, 3.05) is 33.2 Å². The molecule has 3 amide bonds. The van der Waals surface area contributed by atoms with Crippen LogP contribution in [0.4, 0.5) is 4.79 Å². The summed E-state index contributed by atoms with van der Waals surface area (Å²) in [5.74, 6) is 0.450. The van der Waals surface area contributed by atoms with Gasteiger partial charge in [0.05, 0.1) is 6.54 Å². The zero-order chi connectivity index (χ0) is 16.7. The predicted molar refractivity (Wildman–Crippen MR) is 88.9 cm³/mol. The number of carbonyl (C=O) groups excluding carboxylic acids is 2. The summed E-state index contributed by atoms with van der Waals surface area (Å²) >= 11 is 0. The summed E-state index contributed by atoms with van der Waals surface area (Å²) < 4.78 is 0. The van der Waals surface area contributed by atoms with Crippen LogP contribution in [0.2, 0.25) is 0 Å². The Hall–Kier alpha value is -2.11. The topological polar surface area (TPSA) is 65.5 Å². The Morgan fingerprint density at radius 2 is 2.26 bits per heavy atom. The second-order valence-electron chi connectivity index (χ2n) is 6.24. The summed E-state index contributed by atoms with van der Waals surface area (Å²) in [5, 5.41) is 2.73. The van der Waals surface area contributed by atoms with Crippen LogP contribution < -0.4 is 5.32 Å². The van der Waals surface area contributed by atoms with Crippen molar-refractivity contribution in [2.24, 2.45) is 5.92 Å². The molecule has 1 atom stereocenters. The molecule has 6 nitrogen and oxygen atoms in total. The molecule has 2 heterocycles. The molecular formula is C17H26N4O2. The molecule has 1 fully saturated rings. The Morgan fingerprint density at radius 3 is 2.96 bits per heavy atom. The Labute approximate surface area is 137 Å². The molecule has 0 radical (unpaired) electrons. The van der Waals surface area contributed by atoms with Crippen molar-refractivity contribution < 1.29 is 9.59 Å². The fraction of sp³-hybridized carbons (Fsp3) is 0.588. The number of nitrogens with zero attached hydrogens (tertiary/aromatic N) is 3. The fourth-order valence-corrected chi connectivity index (χ4v) is 2.72. The molecule has 1 aromatic rings. The van der Waals surface area contributed by atoms with E-state index in [4.69, 9.17) is 0 Å². The molecule has 23 heavy (non-hydrogen) atoms. The minimum atomic E-state index is -0.136. The number of piperidine rings is 1. The monoisotopic (exact) mass is 318 g/mol. The Bertz CT molecular complexity index is 521. The number of hydrogen-bond donors (Lipinski definition) is 1. The molecule has 0 saturated carbocycles. The molecule has 6 heteroatoms. The van der Waals surface area contributed by atoms with Gasteiger partial charge in [-0.15, -0.1) is 0 Å². The highest BCUT2D eigenvalue weighted by molar-refractivity contribution is 5.83. The standard InChI is InChI=1S/C17H26N4O2/c1-14-6-5-10-21(13-14)17(23)19-12-16(22)20(2)11-8-15-7-3-4-9-18-15/h3-4,7,9,14H,5-6,8,10-13H2,1-2H3,(H,19,23)/t14-/m0/s1. The van der Waals surface area contributed by atoms with Gasteiger partial charge in [0.25, 0.3) is 0 Å². The lowest BCUT2D eigenvalue weighted by Crippen LogP contribution is -2.48. The summed E-state index contributed by atoms with van der Waals surface area (Å²) in [6, 6.07) is 5.61. The maximum Gasteiger partial charge on any atom is 0.317 e. The first-order valence-corrected chi connectivity index (χ1v) is 8.23. The number of urea groups is 1. The van der Waals surface area contributed by atoms with Gasteiger partial charge in [0, 0.05) is 45.0 Å². The first-order chi connectivity index (χ1) is 11.1.